The van der Waals surface area contributed by atoms with Crippen LogP contribution in [0.25, 0.3) is 0 Å². The van der Waals surface area contributed by atoms with Gasteiger partial charge in [0.15, 0.2) is 0 Å². The minimum atomic E-state index is -0.195. The molecule has 1 saturated heterocycles. The number of anilines is 1. The summed E-state index contributed by atoms with van der Waals surface area (Å²) in [4.78, 5) is 13.8. The van der Waals surface area contributed by atoms with Gasteiger partial charge in [-0.2, -0.15) is 11.8 Å². The van der Waals surface area contributed by atoms with E-state index in [4.69, 9.17) is 10.5 Å². The molecule has 1 aromatic carbocycles. The fourth-order valence-corrected chi connectivity index (χ4v) is 3.30. The first-order valence-electron chi connectivity index (χ1n) is 6.95. The number of rotatable bonds is 3. The van der Waals surface area contributed by atoms with E-state index >= 15 is 0 Å². The van der Waals surface area contributed by atoms with Crippen LogP contribution in [-0.4, -0.2) is 36.4 Å². The van der Waals surface area contributed by atoms with Crippen LogP contribution in [0, 0.1) is 5.92 Å². The molecule has 1 atom stereocenters. The van der Waals surface area contributed by atoms with E-state index in [2.05, 4.69) is 0 Å². The maximum atomic E-state index is 12.0. The van der Waals surface area contributed by atoms with Gasteiger partial charge in [-0.15, -0.1) is 0 Å². The second-order valence-electron chi connectivity index (χ2n) is 5.44. The molecule has 1 fully saturated rings. The SMILES string of the molecule is CC(C)COC(=O)N1CCSC(c2ccc(N)cc2)C1. The minimum absolute atomic E-state index is 0.195. The predicted molar refractivity (Wildman–Crippen MR) is 83.8 cm³/mol. The zero-order chi connectivity index (χ0) is 14.5. The normalized spacial score (nSPS) is 19.1. The Morgan fingerprint density at radius 1 is 1.45 bits per heavy atom. The molecule has 2 rings (SSSR count). The van der Waals surface area contributed by atoms with E-state index in [0.29, 0.717) is 24.3 Å². The van der Waals surface area contributed by atoms with Crippen LogP contribution in [0.1, 0.15) is 24.7 Å². The van der Waals surface area contributed by atoms with Gasteiger partial charge in [0.1, 0.15) is 0 Å². The van der Waals surface area contributed by atoms with Crippen molar-refractivity contribution >= 4 is 23.5 Å². The minimum Gasteiger partial charge on any atom is -0.449 e. The van der Waals surface area contributed by atoms with Gasteiger partial charge >= 0.3 is 6.09 Å². The average Bonchev–Trinajstić information content (AvgIpc) is 2.45. The summed E-state index contributed by atoms with van der Waals surface area (Å²) in [6.45, 7) is 6.01. The first-order valence-corrected chi connectivity index (χ1v) is 8.00. The summed E-state index contributed by atoms with van der Waals surface area (Å²) in [6, 6.07) is 7.89. The lowest BCUT2D eigenvalue weighted by Gasteiger charge is -2.32. The highest BCUT2D eigenvalue weighted by molar-refractivity contribution is 7.99. The predicted octanol–water partition coefficient (Wildman–Crippen LogP) is 3.15. The molecule has 0 saturated carbocycles. The van der Waals surface area contributed by atoms with Crippen LogP contribution in [0.15, 0.2) is 24.3 Å². The van der Waals surface area contributed by atoms with E-state index < -0.39 is 0 Å². The van der Waals surface area contributed by atoms with E-state index in [1.807, 2.05) is 49.9 Å². The summed E-state index contributed by atoms with van der Waals surface area (Å²) < 4.78 is 5.30. The molecule has 20 heavy (non-hydrogen) atoms. The van der Waals surface area contributed by atoms with Crippen LogP contribution in [0.4, 0.5) is 10.5 Å². The highest BCUT2D eigenvalue weighted by atomic mass is 32.2. The monoisotopic (exact) mass is 294 g/mol. The van der Waals surface area contributed by atoms with Crippen molar-refractivity contribution in [1.82, 2.24) is 4.90 Å². The number of nitrogen functional groups attached to an aromatic ring is 1. The summed E-state index contributed by atoms with van der Waals surface area (Å²) in [6.07, 6.45) is -0.195. The molecule has 4 nitrogen and oxygen atoms in total. The molecular weight excluding hydrogens is 272 g/mol. The molecule has 0 aliphatic carbocycles. The molecule has 0 bridgehead atoms. The molecule has 2 N–H and O–H groups in total. The number of carbonyl (C=O) groups excluding carboxylic acids is 1. The first kappa shape index (κ1) is 15.0. The molecule has 1 unspecified atom stereocenters. The van der Waals surface area contributed by atoms with Crippen molar-refractivity contribution in [2.45, 2.75) is 19.1 Å². The maximum absolute atomic E-state index is 12.0. The Morgan fingerprint density at radius 2 is 2.15 bits per heavy atom. The lowest BCUT2D eigenvalue weighted by Crippen LogP contribution is -2.39. The van der Waals surface area contributed by atoms with Gasteiger partial charge < -0.3 is 15.4 Å². The number of hydrogen-bond acceptors (Lipinski definition) is 4. The lowest BCUT2D eigenvalue weighted by atomic mass is 10.1. The van der Waals surface area contributed by atoms with Gasteiger partial charge in [-0.3, -0.25) is 0 Å². The van der Waals surface area contributed by atoms with E-state index in [-0.39, 0.29) is 6.09 Å². The van der Waals surface area contributed by atoms with Crippen molar-refractivity contribution in [3.63, 3.8) is 0 Å². The zero-order valence-electron chi connectivity index (χ0n) is 12.0. The number of ether oxygens (including phenoxy) is 1. The Morgan fingerprint density at radius 3 is 2.80 bits per heavy atom. The maximum Gasteiger partial charge on any atom is 0.409 e. The molecule has 0 radical (unpaired) electrons. The molecule has 1 amide bonds. The van der Waals surface area contributed by atoms with Crippen molar-refractivity contribution in [3.8, 4) is 0 Å². The van der Waals surface area contributed by atoms with Gasteiger partial charge in [0.2, 0.25) is 0 Å². The molecular formula is C15H22N2O2S. The van der Waals surface area contributed by atoms with Crippen LogP contribution >= 0.6 is 11.8 Å². The molecule has 1 heterocycles. The number of amides is 1. The third-order valence-electron chi connectivity index (χ3n) is 3.17. The molecule has 1 aliphatic heterocycles. The van der Waals surface area contributed by atoms with Gasteiger partial charge in [0, 0.05) is 29.8 Å². The summed E-state index contributed by atoms with van der Waals surface area (Å²) in [5.74, 6) is 1.30. The molecule has 5 heteroatoms. The van der Waals surface area contributed by atoms with Crippen molar-refractivity contribution in [2.75, 3.05) is 31.2 Å². The third-order valence-corrected chi connectivity index (χ3v) is 4.41. The van der Waals surface area contributed by atoms with Gasteiger partial charge in [-0.1, -0.05) is 26.0 Å². The van der Waals surface area contributed by atoms with E-state index in [9.17, 15) is 4.79 Å². The molecule has 110 valence electrons. The Bertz CT molecular complexity index is 448. The second kappa shape index (κ2) is 6.88. The third kappa shape index (κ3) is 4.07. The summed E-state index contributed by atoms with van der Waals surface area (Å²) in [5.41, 5.74) is 7.69. The summed E-state index contributed by atoms with van der Waals surface area (Å²) >= 11 is 1.88. The lowest BCUT2D eigenvalue weighted by molar-refractivity contribution is 0.0931. The number of nitrogens with zero attached hydrogens (tertiary/aromatic N) is 1. The average molecular weight is 294 g/mol. The second-order valence-corrected chi connectivity index (χ2v) is 6.75. The van der Waals surface area contributed by atoms with Crippen LogP contribution < -0.4 is 5.73 Å². The molecule has 1 aliphatic rings. The van der Waals surface area contributed by atoms with Crippen LogP contribution in [0.2, 0.25) is 0 Å². The molecule has 0 aromatic heterocycles. The highest BCUT2D eigenvalue weighted by Gasteiger charge is 2.26. The fourth-order valence-electron chi connectivity index (χ4n) is 2.06. The smallest absolute Gasteiger partial charge is 0.409 e. The van der Waals surface area contributed by atoms with E-state index in [0.717, 1.165) is 18.0 Å². The largest absolute Gasteiger partial charge is 0.449 e. The van der Waals surface area contributed by atoms with Crippen molar-refractivity contribution in [2.24, 2.45) is 5.92 Å². The Labute approximate surface area is 124 Å². The van der Waals surface area contributed by atoms with Crippen molar-refractivity contribution < 1.29 is 9.53 Å². The summed E-state index contributed by atoms with van der Waals surface area (Å²) in [7, 11) is 0. The number of benzene rings is 1. The van der Waals surface area contributed by atoms with E-state index in [1.165, 1.54) is 5.56 Å². The Hall–Kier alpha value is -1.36. The number of nitrogens with two attached hydrogens (primary N) is 1. The van der Waals surface area contributed by atoms with Crippen LogP contribution in [0.3, 0.4) is 0 Å². The zero-order valence-corrected chi connectivity index (χ0v) is 12.9. The van der Waals surface area contributed by atoms with Gasteiger partial charge in [-0.25, -0.2) is 4.79 Å². The quantitative estimate of drug-likeness (QED) is 0.870. The number of hydrogen-bond donors (Lipinski definition) is 1. The van der Waals surface area contributed by atoms with Gasteiger partial charge in [-0.05, 0) is 23.6 Å². The molecule has 1 aromatic rings. The van der Waals surface area contributed by atoms with Crippen molar-refractivity contribution in [3.05, 3.63) is 29.8 Å². The standard InChI is InChI=1S/C15H22N2O2S/c1-11(2)10-19-15(18)17-7-8-20-14(9-17)12-3-5-13(16)6-4-12/h3-6,11,14H,7-10,16H2,1-2H3. The summed E-state index contributed by atoms with van der Waals surface area (Å²) in [5, 5.41) is 0.302. The topological polar surface area (TPSA) is 55.6 Å². The van der Waals surface area contributed by atoms with Gasteiger partial charge in [0.25, 0.3) is 0 Å². The fraction of sp³-hybridized carbons (Fsp3) is 0.533. The number of carbonyl (C=O) groups is 1. The van der Waals surface area contributed by atoms with Crippen LogP contribution in [-0.2, 0) is 4.74 Å². The van der Waals surface area contributed by atoms with Crippen LogP contribution in [0.5, 0.6) is 0 Å². The number of thioether (sulfide) groups is 1. The van der Waals surface area contributed by atoms with Crippen molar-refractivity contribution in [1.29, 1.82) is 0 Å². The Kier molecular flexibility index (Phi) is 5.17. The molecule has 0 spiro atoms. The first-order chi connectivity index (χ1) is 9.56. The van der Waals surface area contributed by atoms with Gasteiger partial charge in [0.05, 0.1) is 6.61 Å². The highest BCUT2D eigenvalue weighted by Crippen LogP contribution is 2.33. The van der Waals surface area contributed by atoms with E-state index in [1.54, 1.807) is 4.90 Å². The Balaban J connectivity index is 1.94.